The number of carbonyl (C=O) groups excluding carboxylic acids is 1. The second-order valence-electron chi connectivity index (χ2n) is 6.87. The fraction of sp³-hybridized carbons (Fsp3) is 0.450. The molecule has 1 fully saturated rings. The van der Waals surface area contributed by atoms with Crippen molar-refractivity contribution in [1.29, 1.82) is 0 Å². The van der Waals surface area contributed by atoms with Crippen LogP contribution in [0.25, 0.3) is 11.1 Å². The topological polar surface area (TPSA) is 111 Å². The van der Waals surface area contributed by atoms with Gasteiger partial charge in [-0.1, -0.05) is 6.92 Å². The predicted octanol–water partition coefficient (Wildman–Crippen LogP) is 1.56. The van der Waals surface area contributed by atoms with Crippen molar-refractivity contribution in [2.24, 2.45) is 0 Å². The molecule has 3 rings (SSSR count). The molecule has 1 aliphatic heterocycles. The van der Waals surface area contributed by atoms with E-state index < -0.39 is 6.23 Å². The highest BCUT2D eigenvalue weighted by molar-refractivity contribution is 5.94. The molecule has 8 nitrogen and oxygen atoms in total. The van der Waals surface area contributed by atoms with Gasteiger partial charge in [0, 0.05) is 30.1 Å². The average Bonchev–Trinajstić information content (AvgIpc) is 3.24. The molecule has 1 amide bonds. The maximum atomic E-state index is 12.1. The third-order valence-electron chi connectivity index (χ3n) is 4.57. The molecule has 150 valence electrons. The molecule has 0 bridgehead atoms. The van der Waals surface area contributed by atoms with Crippen molar-refractivity contribution in [3.05, 3.63) is 36.7 Å². The van der Waals surface area contributed by atoms with Crippen LogP contribution in [0.4, 0.5) is 11.6 Å². The highest BCUT2D eigenvalue weighted by atomic mass is 16.3. The van der Waals surface area contributed by atoms with Crippen LogP contribution in [0.3, 0.4) is 0 Å². The maximum Gasteiger partial charge on any atom is 0.242 e. The average molecular weight is 384 g/mol. The minimum atomic E-state index is -0.691. The van der Waals surface area contributed by atoms with E-state index in [4.69, 9.17) is 0 Å². The van der Waals surface area contributed by atoms with Crippen LogP contribution in [0.1, 0.15) is 26.2 Å². The van der Waals surface area contributed by atoms with E-state index in [9.17, 15) is 9.90 Å². The molecule has 2 aromatic rings. The van der Waals surface area contributed by atoms with Gasteiger partial charge < -0.3 is 26.4 Å². The van der Waals surface area contributed by atoms with E-state index in [-0.39, 0.29) is 11.9 Å². The number of nitrogens with one attached hydrogen (secondary N) is 4. The van der Waals surface area contributed by atoms with E-state index in [0.29, 0.717) is 18.2 Å². The largest absolute Gasteiger partial charge is 0.372 e. The minimum Gasteiger partial charge on any atom is -0.372 e. The number of hydrogen-bond donors (Lipinski definition) is 5. The van der Waals surface area contributed by atoms with Gasteiger partial charge in [0.05, 0.1) is 6.04 Å². The van der Waals surface area contributed by atoms with Crippen LogP contribution in [0.2, 0.25) is 0 Å². The Hall–Kier alpha value is -2.55. The first-order valence-corrected chi connectivity index (χ1v) is 9.77. The van der Waals surface area contributed by atoms with E-state index in [1.807, 2.05) is 18.2 Å². The summed E-state index contributed by atoms with van der Waals surface area (Å²) in [4.78, 5) is 20.8. The van der Waals surface area contributed by atoms with Crippen molar-refractivity contribution in [1.82, 2.24) is 20.6 Å². The number of amides is 1. The summed E-state index contributed by atoms with van der Waals surface area (Å²) in [6.45, 7) is 4.29. The monoisotopic (exact) mass is 384 g/mol. The summed E-state index contributed by atoms with van der Waals surface area (Å²) < 4.78 is 0. The van der Waals surface area contributed by atoms with Crippen molar-refractivity contribution >= 4 is 17.5 Å². The first-order chi connectivity index (χ1) is 13.7. The molecule has 0 spiro atoms. The van der Waals surface area contributed by atoms with Gasteiger partial charge in [-0.15, -0.1) is 0 Å². The van der Waals surface area contributed by atoms with Crippen molar-refractivity contribution in [2.75, 3.05) is 30.3 Å². The molecule has 2 aromatic heterocycles. The van der Waals surface area contributed by atoms with Gasteiger partial charge in [0.2, 0.25) is 5.91 Å². The van der Waals surface area contributed by atoms with Crippen LogP contribution in [-0.2, 0) is 4.79 Å². The summed E-state index contributed by atoms with van der Waals surface area (Å²) in [5.41, 5.74) is 1.81. The molecular weight excluding hydrogens is 356 g/mol. The lowest BCUT2D eigenvalue weighted by Gasteiger charge is -2.14. The van der Waals surface area contributed by atoms with Crippen LogP contribution in [-0.4, -0.2) is 52.9 Å². The van der Waals surface area contributed by atoms with Crippen molar-refractivity contribution in [3.8, 4) is 11.1 Å². The molecule has 5 N–H and O–H groups in total. The maximum absolute atomic E-state index is 12.1. The Labute approximate surface area is 165 Å². The molecule has 2 unspecified atom stereocenters. The van der Waals surface area contributed by atoms with Gasteiger partial charge in [0.15, 0.2) is 0 Å². The summed E-state index contributed by atoms with van der Waals surface area (Å²) >= 11 is 0. The second kappa shape index (κ2) is 10.1. The molecule has 2 atom stereocenters. The van der Waals surface area contributed by atoms with Gasteiger partial charge in [-0.2, -0.15) is 0 Å². The smallest absolute Gasteiger partial charge is 0.242 e. The molecule has 0 aliphatic carbocycles. The molecule has 28 heavy (non-hydrogen) atoms. The third kappa shape index (κ3) is 5.72. The van der Waals surface area contributed by atoms with Crippen LogP contribution < -0.4 is 21.3 Å². The van der Waals surface area contributed by atoms with Gasteiger partial charge in [0.1, 0.15) is 17.9 Å². The summed E-state index contributed by atoms with van der Waals surface area (Å²) in [7, 11) is 0. The molecule has 0 radical (unpaired) electrons. The molecule has 1 saturated heterocycles. The number of carbonyl (C=O) groups is 1. The van der Waals surface area contributed by atoms with Crippen LogP contribution in [0.15, 0.2) is 36.7 Å². The van der Waals surface area contributed by atoms with Gasteiger partial charge >= 0.3 is 0 Å². The number of hydrogen-bond acceptors (Lipinski definition) is 7. The zero-order chi connectivity index (χ0) is 19.8. The zero-order valence-electron chi connectivity index (χ0n) is 16.1. The van der Waals surface area contributed by atoms with Crippen LogP contribution >= 0.6 is 0 Å². The molecule has 8 heteroatoms. The van der Waals surface area contributed by atoms with Gasteiger partial charge in [0.25, 0.3) is 0 Å². The number of aliphatic hydroxyl groups excluding tert-OH is 1. The standard InChI is InChI=1S/C20H28N6O2/c1-2-9-21-13-19(27)25-17-7-5-14(11-23-17)15-6-8-18(24-12-15)26-20(28)16-4-3-10-22-16/h5-8,11-12,16,19,21-22,27H,2-4,9-10,13H2,1H3,(H,23,25)(H,24,26,28). The normalized spacial score (nSPS) is 17.3. The Balaban J connectivity index is 1.54. The molecule has 3 heterocycles. The van der Waals surface area contributed by atoms with Gasteiger partial charge in [-0.05, 0) is 56.6 Å². The lowest BCUT2D eigenvalue weighted by molar-refractivity contribution is -0.117. The number of pyridine rings is 2. The van der Waals surface area contributed by atoms with E-state index in [2.05, 4.69) is 38.2 Å². The van der Waals surface area contributed by atoms with Crippen molar-refractivity contribution in [3.63, 3.8) is 0 Å². The Kier molecular flexibility index (Phi) is 7.30. The van der Waals surface area contributed by atoms with Crippen molar-refractivity contribution < 1.29 is 9.90 Å². The number of aromatic nitrogens is 2. The van der Waals surface area contributed by atoms with E-state index in [1.54, 1.807) is 18.5 Å². The van der Waals surface area contributed by atoms with E-state index >= 15 is 0 Å². The third-order valence-corrected chi connectivity index (χ3v) is 4.57. The quantitative estimate of drug-likeness (QED) is 0.330. The van der Waals surface area contributed by atoms with Crippen LogP contribution in [0, 0.1) is 0 Å². The Morgan fingerprint density at radius 3 is 2.50 bits per heavy atom. The number of aliphatic hydroxyl groups is 1. The summed E-state index contributed by atoms with van der Waals surface area (Å²) in [6, 6.07) is 7.30. The Morgan fingerprint density at radius 2 is 1.93 bits per heavy atom. The fourth-order valence-electron chi connectivity index (χ4n) is 3.05. The minimum absolute atomic E-state index is 0.0400. The highest BCUT2D eigenvalue weighted by Crippen LogP contribution is 2.20. The number of rotatable bonds is 9. The number of nitrogens with zero attached hydrogens (tertiary/aromatic N) is 2. The lowest BCUT2D eigenvalue weighted by atomic mass is 10.1. The van der Waals surface area contributed by atoms with Gasteiger partial charge in [-0.25, -0.2) is 9.97 Å². The first kappa shape index (κ1) is 20.2. The van der Waals surface area contributed by atoms with Gasteiger partial charge in [-0.3, -0.25) is 4.79 Å². The molecular formula is C20H28N6O2. The first-order valence-electron chi connectivity index (χ1n) is 9.77. The summed E-state index contributed by atoms with van der Waals surface area (Å²) in [6.07, 6.45) is 5.66. The van der Waals surface area contributed by atoms with E-state index in [0.717, 1.165) is 43.5 Å². The highest BCUT2D eigenvalue weighted by Gasteiger charge is 2.22. The Bertz CT molecular complexity index is 744. The van der Waals surface area contributed by atoms with E-state index in [1.165, 1.54) is 0 Å². The lowest BCUT2D eigenvalue weighted by Crippen LogP contribution is -2.35. The summed E-state index contributed by atoms with van der Waals surface area (Å²) in [5.74, 6) is 1.11. The zero-order valence-corrected chi connectivity index (χ0v) is 16.1. The molecule has 1 aliphatic rings. The van der Waals surface area contributed by atoms with Crippen molar-refractivity contribution in [2.45, 2.75) is 38.5 Å². The number of anilines is 2. The molecule has 0 aromatic carbocycles. The van der Waals surface area contributed by atoms with Crippen LogP contribution in [0.5, 0.6) is 0 Å². The Morgan fingerprint density at radius 1 is 1.21 bits per heavy atom. The fourth-order valence-corrected chi connectivity index (χ4v) is 3.05. The second-order valence-corrected chi connectivity index (χ2v) is 6.87. The SMILES string of the molecule is CCCNCC(O)Nc1ccc(-c2ccc(NC(=O)C3CCCN3)nc2)cn1. The summed E-state index contributed by atoms with van der Waals surface area (Å²) in [5, 5.41) is 22.0. The molecule has 0 saturated carbocycles. The predicted molar refractivity (Wildman–Crippen MR) is 110 cm³/mol.